The van der Waals surface area contributed by atoms with E-state index < -0.39 is 11.4 Å². The number of aliphatic carboxylic acids is 1. The fourth-order valence-electron chi connectivity index (χ4n) is 4.03. The Balaban J connectivity index is 2.13. The van der Waals surface area contributed by atoms with Crippen LogP contribution < -0.4 is 0 Å². The van der Waals surface area contributed by atoms with Crippen LogP contribution in [0, 0.1) is 10.8 Å². The van der Waals surface area contributed by atoms with Crippen molar-refractivity contribution in [3.63, 3.8) is 0 Å². The average molecular weight is 253 g/mol. The summed E-state index contributed by atoms with van der Waals surface area (Å²) in [7, 11) is 0. The third-order valence-electron chi connectivity index (χ3n) is 5.38. The Labute approximate surface area is 111 Å². The molecule has 1 aliphatic heterocycles. The first kappa shape index (κ1) is 13.9. The van der Waals surface area contributed by atoms with Crippen molar-refractivity contribution in [1.82, 2.24) is 4.90 Å². The van der Waals surface area contributed by atoms with E-state index in [2.05, 4.69) is 18.7 Å². The summed E-state index contributed by atoms with van der Waals surface area (Å²) in [4.78, 5) is 14.1. The topological polar surface area (TPSA) is 40.5 Å². The summed E-state index contributed by atoms with van der Waals surface area (Å²) in [6, 6.07) is 0.586. The van der Waals surface area contributed by atoms with E-state index in [1.165, 1.54) is 19.3 Å². The predicted octanol–water partition coefficient (Wildman–Crippen LogP) is 3.14. The van der Waals surface area contributed by atoms with Crippen LogP contribution in [0.4, 0.5) is 0 Å². The van der Waals surface area contributed by atoms with Crippen molar-refractivity contribution in [3.05, 3.63) is 0 Å². The molecule has 0 aromatic carbocycles. The monoisotopic (exact) mass is 253 g/mol. The molecule has 2 fully saturated rings. The van der Waals surface area contributed by atoms with Gasteiger partial charge in [-0.1, -0.05) is 27.2 Å². The maximum Gasteiger partial charge on any atom is 0.310 e. The lowest BCUT2D eigenvalue weighted by atomic mass is 9.75. The molecule has 3 heteroatoms. The third kappa shape index (κ3) is 2.29. The molecular formula is C15H27NO2. The summed E-state index contributed by atoms with van der Waals surface area (Å²) in [6.45, 7) is 8.55. The maximum atomic E-state index is 11.6. The van der Waals surface area contributed by atoms with Crippen LogP contribution in [-0.4, -0.2) is 35.1 Å². The highest BCUT2D eigenvalue weighted by Crippen LogP contribution is 2.44. The zero-order valence-electron chi connectivity index (χ0n) is 12.0. The minimum atomic E-state index is -0.592. The van der Waals surface area contributed by atoms with Gasteiger partial charge in [-0.25, -0.2) is 0 Å². The fourth-order valence-corrected chi connectivity index (χ4v) is 4.03. The number of likely N-dealkylation sites (tertiary alicyclic amines) is 1. The van der Waals surface area contributed by atoms with Crippen LogP contribution in [-0.2, 0) is 4.79 Å². The minimum absolute atomic E-state index is 0.356. The summed E-state index contributed by atoms with van der Waals surface area (Å²) >= 11 is 0. The molecule has 1 saturated heterocycles. The Morgan fingerprint density at radius 1 is 1.33 bits per heavy atom. The molecule has 3 nitrogen and oxygen atoms in total. The quantitative estimate of drug-likeness (QED) is 0.840. The molecule has 1 aliphatic carbocycles. The Morgan fingerprint density at radius 3 is 2.56 bits per heavy atom. The number of nitrogens with zero attached hydrogens (tertiary/aromatic N) is 1. The molecule has 0 amide bonds. The van der Waals surface area contributed by atoms with Gasteiger partial charge in [0.2, 0.25) is 0 Å². The van der Waals surface area contributed by atoms with Crippen LogP contribution in [0.15, 0.2) is 0 Å². The highest BCUT2D eigenvalue weighted by atomic mass is 16.4. The van der Waals surface area contributed by atoms with Gasteiger partial charge in [-0.3, -0.25) is 9.69 Å². The first-order valence-corrected chi connectivity index (χ1v) is 7.39. The second-order valence-corrected chi connectivity index (χ2v) is 6.91. The van der Waals surface area contributed by atoms with E-state index in [9.17, 15) is 9.90 Å². The van der Waals surface area contributed by atoms with E-state index in [-0.39, 0.29) is 0 Å². The smallest absolute Gasteiger partial charge is 0.310 e. The first-order valence-electron chi connectivity index (χ1n) is 7.39. The highest BCUT2D eigenvalue weighted by molar-refractivity contribution is 5.75. The zero-order valence-corrected chi connectivity index (χ0v) is 12.0. The highest BCUT2D eigenvalue weighted by Gasteiger charge is 2.46. The number of piperidine rings is 1. The molecule has 0 spiro atoms. The number of rotatable bonds is 3. The van der Waals surface area contributed by atoms with E-state index in [0.29, 0.717) is 11.5 Å². The van der Waals surface area contributed by atoms with Crippen molar-refractivity contribution in [2.75, 3.05) is 13.1 Å². The second-order valence-electron chi connectivity index (χ2n) is 6.91. The summed E-state index contributed by atoms with van der Waals surface area (Å²) in [6.07, 6.45) is 6.45. The van der Waals surface area contributed by atoms with Gasteiger partial charge in [-0.15, -0.1) is 0 Å². The summed E-state index contributed by atoms with van der Waals surface area (Å²) in [5.41, 5.74) is -0.133. The van der Waals surface area contributed by atoms with Gasteiger partial charge in [0.15, 0.2) is 0 Å². The second kappa shape index (κ2) is 4.84. The molecule has 0 radical (unpaired) electrons. The van der Waals surface area contributed by atoms with E-state index in [4.69, 9.17) is 0 Å². The van der Waals surface area contributed by atoms with Crippen molar-refractivity contribution in [3.8, 4) is 0 Å². The van der Waals surface area contributed by atoms with Gasteiger partial charge in [0.1, 0.15) is 0 Å². The van der Waals surface area contributed by atoms with Crippen molar-refractivity contribution in [1.29, 1.82) is 0 Å². The molecule has 1 heterocycles. The number of carboxylic acid groups (broad SMARTS) is 1. The Bertz CT molecular complexity index is 326. The Hall–Kier alpha value is -0.570. The van der Waals surface area contributed by atoms with E-state index >= 15 is 0 Å². The minimum Gasteiger partial charge on any atom is -0.481 e. The summed E-state index contributed by atoms with van der Waals surface area (Å²) in [5.74, 6) is -0.592. The van der Waals surface area contributed by atoms with Crippen molar-refractivity contribution in [2.45, 2.75) is 65.3 Å². The molecule has 104 valence electrons. The van der Waals surface area contributed by atoms with Crippen molar-refractivity contribution >= 4 is 5.97 Å². The number of hydrogen-bond donors (Lipinski definition) is 1. The zero-order chi connectivity index (χ0) is 13.4. The van der Waals surface area contributed by atoms with Crippen LogP contribution in [0.1, 0.15) is 59.3 Å². The molecule has 0 aromatic heterocycles. The summed E-state index contributed by atoms with van der Waals surface area (Å²) < 4.78 is 0. The normalized spacial score (nSPS) is 36.7. The Morgan fingerprint density at radius 2 is 2.06 bits per heavy atom. The lowest BCUT2D eigenvalue weighted by Crippen LogP contribution is -2.53. The van der Waals surface area contributed by atoms with Crippen molar-refractivity contribution < 1.29 is 9.90 Å². The molecule has 2 rings (SSSR count). The molecule has 0 bridgehead atoms. The van der Waals surface area contributed by atoms with Gasteiger partial charge in [-0.05, 0) is 44.1 Å². The predicted molar refractivity (Wildman–Crippen MR) is 72.6 cm³/mol. The first-order chi connectivity index (χ1) is 8.41. The fraction of sp³-hybridized carbons (Fsp3) is 0.933. The molecule has 1 saturated carbocycles. The van der Waals surface area contributed by atoms with Crippen LogP contribution in [0.5, 0.6) is 0 Å². The standard InChI is InChI=1S/C15H27NO2/c1-4-15(13(17)18)9-6-10-16(11-15)12-7-5-8-14(12,2)3/h12H,4-11H2,1-3H3,(H,17,18). The van der Waals surface area contributed by atoms with Gasteiger partial charge in [0.05, 0.1) is 5.41 Å². The van der Waals surface area contributed by atoms with E-state index in [1.807, 2.05) is 6.92 Å². The van der Waals surface area contributed by atoms with Crippen LogP contribution in [0.2, 0.25) is 0 Å². The third-order valence-corrected chi connectivity index (χ3v) is 5.38. The molecular weight excluding hydrogens is 226 g/mol. The van der Waals surface area contributed by atoms with E-state index in [0.717, 1.165) is 32.4 Å². The number of carboxylic acids is 1. The van der Waals surface area contributed by atoms with Crippen molar-refractivity contribution in [2.24, 2.45) is 10.8 Å². The molecule has 0 aromatic rings. The van der Waals surface area contributed by atoms with Gasteiger partial charge < -0.3 is 5.11 Å². The number of hydrogen-bond acceptors (Lipinski definition) is 2. The van der Waals surface area contributed by atoms with Gasteiger partial charge >= 0.3 is 5.97 Å². The number of carbonyl (C=O) groups is 1. The lowest BCUT2D eigenvalue weighted by Gasteiger charge is -2.46. The molecule has 2 aliphatic rings. The largest absolute Gasteiger partial charge is 0.481 e. The van der Waals surface area contributed by atoms with Crippen LogP contribution >= 0.6 is 0 Å². The van der Waals surface area contributed by atoms with Gasteiger partial charge in [-0.2, -0.15) is 0 Å². The SMILES string of the molecule is CCC1(C(=O)O)CCCN(C2CCCC2(C)C)C1. The van der Waals surface area contributed by atoms with Gasteiger partial charge in [0.25, 0.3) is 0 Å². The molecule has 1 N–H and O–H groups in total. The maximum absolute atomic E-state index is 11.6. The van der Waals surface area contributed by atoms with Gasteiger partial charge in [0, 0.05) is 12.6 Å². The Kier molecular flexibility index (Phi) is 3.72. The lowest BCUT2D eigenvalue weighted by molar-refractivity contribution is -0.154. The summed E-state index contributed by atoms with van der Waals surface area (Å²) in [5, 5.41) is 9.55. The van der Waals surface area contributed by atoms with E-state index in [1.54, 1.807) is 0 Å². The van der Waals surface area contributed by atoms with Crippen LogP contribution in [0.3, 0.4) is 0 Å². The molecule has 2 atom stereocenters. The average Bonchev–Trinajstić information content (AvgIpc) is 2.68. The van der Waals surface area contributed by atoms with Crippen LogP contribution in [0.25, 0.3) is 0 Å². The molecule has 18 heavy (non-hydrogen) atoms. The molecule has 2 unspecified atom stereocenters.